The highest BCUT2D eigenvalue weighted by Gasteiger charge is 2.73. The van der Waals surface area contributed by atoms with E-state index in [4.69, 9.17) is 9.47 Å². The number of ether oxygens (including phenoxy) is 2. The quantitative estimate of drug-likeness (QED) is 0.181. The van der Waals surface area contributed by atoms with E-state index in [-0.39, 0.29) is 39.9 Å². The van der Waals surface area contributed by atoms with Gasteiger partial charge in [0.2, 0.25) is 0 Å². The van der Waals surface area contributed by atoms with Crippen LogP contribution in [0.5, 0.6) is 0 Å². The molecule has 5 rings (SSSR count). The van der Waals surface area contributed by atoms with Crippen LogP contribution in [-0.2, 0) is 9.47 Å². The molecule has 268 valence electrons. The van der Waals surface area contributed by atoms with Crippen molar-refractivity contribution < 1.29 is 50.3 Å². The summed E-state index contributed by atoms with van der Waals surface area (Å²) in [7, 11) is 0. The number of rotatable bonds is 8. The minimum Gasteiger partial charge on any atom is -0.394 e. The van der Waals surface area contributed by atoms with E-state index >= 15 is 0 Å². The molecule has 0 aromatic rings. The van der Waals surface area contributed by atoms with Crippen LogP contribution in [0.1, 0.15) is 113 Å². The van der Waals surface area contributed by atoms with Gasteiger partial charge in [0, 0.05) is 0 Å². The summed E-state index contributed by atoms with van der Waals surface area (Å²) in [4.78, 5) is 0. The van der Waals surface area contributed by atoms with E-state index in [0.29, 0.717) is 38.5 Å². The van der Waals surface area contributed by atoms with Crippen LogP contribution in [0.25, 0.3) is 0 Å². The normalized spacial score (nSPS) is 51.9. The Morgan fingerprint density at radius 1 is 0.826 bits per heavy atom. The van der Waals surface area contributed by atoms with Crippen LogP contribution in [0.15, 0.2) is 0 Å². The fourth-order valence-corrected chi connectivity index (χ4v) is 12.1. The van der Waals surface area contributed by atoms with E-state index in [1.165, 1.54) is 0 Å². The summed E-state index contributed by atoms with van der Waals surface area (Å²) < 4.78 is 12.6. The smallest absolute Gasteiger partial charge is 0.186 e. The zero-order valence-electron chi connectivity index (χ0n) is 29.4. The van der Waals surface area contributed by atoms with Crippen molar-refractivity contribution in [2.75, 3.05) is 6.61 Å². The maximum atomic E-state index is 12.1. The summed E-state index contributed by atoms with van der Waals surface area (Å²) in [5.41, 5.74) is -3.45. The number of aliphatic hydroxyl groups is 8. The molecule has 1 aliphatic heterocycles. The van der Waals surface area contributed by atoms with Crippen molar-refractivity contribution in [2.24, 2.45) is 45.3 Å². The predicted molar refractivity (Wildman–Crippen MR) is 171 cm³/mol. The second-order valence-electron chi connectivity index (χ2n) is 18.3. The number of hydrogen-bond donors (Lipinski definition) is 8. The Morgan fingerprint density at radius 2 is 1.48 bits per heavy atom. The van der Waals surface area contributed by atoms with E-state index in [0.717, 1.165) is 19.3 Å². The average molecular weight is 657 g/mol. The highest BCUT2D eigenvalue weighted by Crippen LogP contribution is 2.76. The van der Waals surface area contributed by atoms with Gasteiger partial charge in [-0.05, 0) is 124 Å². The molecule has 10 nitrogen and oxygen atoms in total. The van der Waals surface area contributed by atoms with Crippen LogP contribution in [-0.4, -0.2) is 108 Å². The molecule has 5 fully saturated rings. The van der Waals surface area contributed by atoms with E-state index in [2.05, 4.69) is 34.6 Å². The molecular weight excluding hydrogens is 592 g/mol. The van der Waals surface area contributed by atoms with Gasteiger partial charge in [-0.15, -0.1) is 0 Å². The van der Waals surface area contributed by atoms with E-state index in [1.54, 1.807) is 13.8 Å². The number of fused-ring (bicyclic) bond motifs is 5. The van der Waals surface area contributed by atoms with Crippen molar-refractivity contribution in [3.8, 4) is 0 Å². The zero-order valence-corrected chi connectivity index (χ0v) is 29.4. The topological polar surface area (TPSA) is 180 Å². The third-order valence-electron chi connectivity index (χ3n) is 14.7. The molecule has 0 radical (unpaired) electrons. The van der Waals surface area contributed by atoms with E-state index in [9.17, 15) is 40.9 Å². The minimum atomic E-state index is -1.56. The Kier molecular flexibility index (Phi) is 9.72. The molecule has 46 heavy (non-hydrogen) atoms. The minimum absolute atomic E-state index is 0.0987. The molecule has 0 bridgehead atoms. The summed E-state index contributed by atoms with van der Waals surface area (Å²) in [5, 5.41) is 87.5. The molecule has 1 saturated heterocycles. The van der Waals surface area contributed by atoms with Crippen LogP contribution in [0.4, 0.5) is 0 Å². The predicted octanol–water partition coefficient (Wildman–Crippen LogP) is 2.49. The van der Waals surface area contributed by atoms with Gasteiger partial charge in [0.15, 0.2) is 6.29 Å². The maximum absolute atomic E-state index is 12.1. The molecule has 4 saturated carbocycles. The van der Waals surface area contributed by atoms with Crippen molar-refractivity contribution in [1.29, 1.82) is 0 Å². The Balaban J connectivity index is 1.52. The lowest BCUT2D eigenvalue weighted by atomic mass is 9.34. The lowest BCUT2D eigenvalue weighted by molar-refractivity contribution is -0.346. The van der Waals surface area contributed by atoms with Crippen LogP contribution >= 0.6 is 0 Å². The highest BCUT2D eigenvalue weighted by atomic mass is 16.7. The molecule has 1 heterocycles. The summed E-state index contributed by atoms with van der Waals surface area (Å²) in [6.45, 7) is 15.9. The first-order chi connectivity index (χ1) is 21.0. The van der Waals surface area contributed by atoms with Crippen molar-refractivity contribution in [1.82, 2.24) is 0 Å². The van der Waals surface area contributed by atoms with Crippen LogP contribution in [0.2, 0.25) is 0 Å². The first-order valence-corrected chi connectivity index (χ1v) is 17.8. The van der Waals surface area contributed by atoms with E-state index < -0.39 is 72.2 Å². The summed E-state index contributed by atoms with van der Waals surface area (Å²) in [6.07, 6.45) is -2.73. The zero-order chi connectivity index (χ0) is 34.4. The molecule has 4 aliphatic carbocycles. The highest BCUT2D eigenvalue weighted by molar-refractivity contribution is 5.22. The molecule has 10 heteroatoms. The molecule has 0 spiro atoms. The molecule has 0 aromatic carbocycles. The van der Waals surface area contributed by atoms with Crippen LogP contribution in [0, 0.1) is 45.3 Å². The SMILES string of the molecule is CC(C)(O)CCC[C@](C)(O)[C@H]1CC[C@]2(C)[C@@H]1[C@H](O)C[C@@H]1[C@@]3(C)CC[C@H](O)C(C)(C)[C@@H]3[C@@H](O[C@@H]3O[C@H](CO)[C@@H](O)[C@H](O)[C@H]3O)C[C@]12C. The molecule has 0 amide bonds. The molecule has 8 N–H and O–H groups in total. The monoisotopic (exact) mass is 656 g/mol. The van der Waals surface area contributed by atoms with Crippen molar-refractivity contribution in [3.63, 3.8) is 0 Å². The van der Waals surface area contributed by atoms with Gasteiger partial charge in [0.25, 0.3) is 0 Å². The van der Waals surface area contributed by atoms with Gasteiger partial charge in [-0.1, -0.05) is 34.6 Å². The number of hydrogen-bond acceptors (Lipinski definition) is 10. The maximum Gasteiger partial charge on any atom is 0.186 e. The molecule has 16 atom stereocenters. The Labute approximate surface area is 275 Å². The standard InChI is InChI=1S/C36H64O10/c1-31(2,43)12-9-13-36(8,44)19-10-15-34(6)25(19)20(38)16-23-33(5)14-11-24(39)32(3,4)29(33)21(17-35(23,34)7)45-30-28(42)27(41)26(40)22(18-37)46-30/h19-30,37-44H,9-18H2,1-8H3/t19-,20+,21-,22+,23+,24-,25-,26+,27-,28+,29-,30+,33+,34+,35+,36-/m0/s1. The van der Waals surface area contributed by atoms with Crippen molar-refractivity contribution >= 4 is 0 Å². The van der Waals surface area contributed by atoms with Gasteiger partial charge in [-0.2, -0.15) is 0 Å². The fraction of sp³-hybridized carbons (Fsp3) is 1.00. The molecule has 5 aliphatic rings. The van der Waals surface area contributed by atoms with Crippen molar-refractivity contribution in [2.45, 2.75) is 173 Å². The fourth-order valence-electron chi connectivity index (χ4n) is 12.1. The Hall–Kier alpha value is -0.400. The number of aliphatic hydroxyl groups excluding tert-OH is 6. The van der Waals surface area contributed by atoms with Crippen LogP contribution < -0.4 is 0 Å². The Bertz CT molecular complexity index is 1090. The lowest BCUT2D eigenvalue weighted by Gasteiger charge is -2.72. The van der Waals surface area contributed by atoms with Gasteiger partial charge in [0.1, 0.15) is 24.4 Å². The molecule has 0 unspecified atom stereocenters. The third kappa shape index (κ3) is 5.72. The largest absolute Gasteiger partial charge is 0.394 e. The van der Waals surface area contributed by atoms with Crippen molar-refractivity contribution in [3.05, 3.63) is 0 Å². The van der Waals surface area contributed by atoms with Gasteiger partial charge in [-0.3, -0.25) is 0 Å². The van der Waals surface area contributed by atoms with Gasteiger partial charge in [-0.25, -0.2) is 0 Å². The summed E-state index contributed by atoms with van der Waals surface area (Å²) in [5.74, 6) is -0.349. The first-order valence-electron chi connectivity index (χ1n) is 17.8. The second kappa shape index (κ2) is 12.1. The summed E-state index contributed by atoms with van der Waals surface area (Å²) >= 11 is 0. The second-order valence-corrected chi connectivity index (χ2v) is 18.3. The molecule has 0 aromatic heterocycles. The van der Waals surface area contributed by atoms with Gasteiger partial charge >= 0.3 is 0 Å². The van der Waals surface area contributed by atoms with Crippen LogP contribution in [0.3, 0.4) is 0 Å². The third-order valence-corrected chi connectivity index (χ3v) is 14.7. The average Bonchev–Trinajstić information content (AvgIpc) is 3.32. The lowest BCUT2D eigenvalue weighted by Crippen LogP contribution is -2.71. The Morgan fingerprint density at radius 3 is 2.09 bits per heavy atom. The van der Waals surface area contributed by atoms with E-state index in [1.807, 2.05) is 6.92 Å². The van der Waals surface area contributed by atoms with Gasteiger partial charge in [0.05, 0.1) is 36.1 Å². The summed E-state index contributed by atoms with van der Waals surface area (Å²) in [6, 6.07) is 0. The molecular formula is C36H64O10. The van der Waals surface area contributed by atoms with Gasteiger partial charge < -0.3 is 50.3 Å². The first kappa shape index (κ1) is 36.9.